The topological polar surface area (TPSA) is 68.5 Å². The molecule has 4 rings (SSSR count). The summed E-state index contributed by atoms with van der Waals surface area (Å²) >= 11 is 0. The highest BCUT2D eigenvalue weighted by Gasteiger charge is 2.32. The molecule has 27 heavy (non-hydrogen) atoms. The third kappa shape index (κ3) is 5.09. The summed E-state index contributed by atoms with van der Waals surface area (Å²) in [5, 5.41) is 4.11. The van der Waals surface area contributed by atoms with Crippen molar-refractivity contribution in [1.82, 2.24) is 15.0 Å². The van der Waals surface area contributed by atoms with Gasteiger partial charge in [-0.25, -0.2) is 0 Å². The number of amides is 1. The highest BCUT2D eigenvalue weighted by molar-refractivity contribution is 5.76. The number of ether oxygens (including phenoxy) is 1. The van der Waals surface area contributed by atoms with Gasteiger partial charge in [0.1, 0.15) is 0 Å². The lowest BCUT2D eigenvalue weighted by atomic mass is 10.0. The van der Waals surface area contributed by atoms with E-state index in [-0.39, 0.29) is 5.92 Å². The Kier molecular flexibility index (Phi) is 6.43. The molecule has 3 fully saturated rings. The number of nitrogens with zero attached hydrogens (tertiary/aromatic N) is 3. The first-order chi connectivity index (χ1) is 13.3. The zero-order valence-corrected chi connectivity index (χ0v) is 16.4. The third-order valence-electron chi connectivity index (χ3n) is 6.61. The number of rotatable bonds is 8. The van der Waals surface area contributed by atoms with Crippen LogP contribution in [-0.4, -0.2) is 47.3 Å². The van der Waals surface area contributed by atoms with Crippen LogP contribution in [0.15, 0.2) is 4.52 Å². The zero-order chi connectivity index (χ0) is 18.5. The van der Waals surface area contributed by atoms with Gasteiger partial charge in [-0.15, -0.1) is 0 Å². The van der Waals surface area contributed by atoms with Gasteiger partial charge in [-0.2, -0.15) is 4.98 Å². The first-order valence-electron chi connectivity index (χ1n) is 11.0. The van der Waals surface area contributed by atoms with Crippen LogP contribution in [0.25, 0.3) is 0 Å². The lowest BCUT2D eigenvalue weighted by Crippen LogP contribution is -2.29. The van der Waals surface area contributed by atoms with Crippen LogP contribution < -0.4 is 0 Å². The monoisotopic (exact) mass is 375 g/mol. The fraction of sp³-hybridized carbons (Fsp3) is 0.857. The SMILES string of the molecule is O=C(CC1CCCC1)N1CCC(c2nc(CCOCC3CCCC3)no2)C1. The summed E-state index contributed by atoms with van der Waals surface area (Å²) in [6.07, 6.45) is 12.7. The predicted molar refractivity (Wildman–Crippen MR) is 101 cm³/mol. The molecule has 1 atom stereocenters. The molecule has 1 unspecified atom stereocenters. The van der Waals surface area contributed by atoms with Gasteiger partial charge in [0.2, 0.25) is 11.8 Å². The molecule has 0 N–H and O–H groups in total. The van der Waals surface area contributed by atoms with Gasteiger partial charge in [0.05, 0.1) is 12.5 Å². The Hall–Kier alpha value is -1.43. The summed E-state index contributed by atoms with van der Waals surface area (Å²) in [4.78, 5) is 19.1. The standard InChI is InChI=1S/C21H33N3O3/c25-20(13-16-5-1-2-6-16)24-11-9-18(14-24)21-22-19(23-27-21)10-12-26-15-17-7-3-4-8-17/h16-18H,1-15H2. The normalized spacial score (nSPS) is 24.3. The van der Waals surface area contributed by atoms with Gasteiger partial charge in [0.25, 0.3) is 0 Å². The van der Waals surface area contributed by atoms with Crippen molar-refractivity contribution in [1.29, 1.82) is 0 Å². The van der Waals surface area contributed by atoms with E-state index < -0.39 is 0 Å². The maximum Gasteiger partial charge on any atom is 0.231 e. The van der Waals surface area contributed by atoms with Gasteiger partial charge < -0.3 is 14.2 Å². The Bertz CT molecular complexity index is 606. The molecular formula is C21H33N3O3. The van der Waals surface area contributed by atoms with E-state index in [1.54, 1.807) is 0 Å². The number of aromatic nitrogens is 2. The quantitative estimate of drug-likeness (QED) is 0.648. The van der Waals surface area contributed by atoms with Gasteiger partial charge in [-0.05, 0) is 43.9 Å². The molecule has 0 bridgehead atoms. The molecule has 0 aromatic carbocycles. The third-order valence-corrected chi connectivity index (χ3v) is 6.61. The van der Waals surface area contributed by atoms with Crippen molar-refractivity contribution in [3.05, 3.63) is 11.7 Å². The smallest absolute Gasteiger partial charge is 0.231 e. The second-order valence-electron chi connectivity index (χ2n) is 8.70. The summed E-state index contributed by atoms with van der Waals surface area (Å²) in [5.74, 6) is 3.28. The molecular weight excluding hydrogens is 342 g/mol. The van der Waals surface area contributed by atoms with Crippen molar-refractivity contribution in [2.45, 2.75) is 76.5 Å². The van der Waals surface area contributed by atoms with Gasteiger partial charge in [0, 0.05) is 32.5 Å². The van der Waals surface area contributed by atoms with Crippen LogP contribution in [0, 0.1) is 11.8 Å². The van der Waals surface area contributed by atoms with E-state index in [1.807, 2.05) is 4.90 Å². The Morgan fingerprint density at radius 2 is 1.81 bits per heavy atom. The molecule has 150 valence electrons. The van der Waals surface area contributed by atoms with Gasteiger partial charge in [0.15, 0.2) is 5.82 Å². The largest absolute Gasteiger partial charge is 0.381 e. The van der Waals surface area contributed by atoms with Crippen molar-refractivity contribution in [3.8, 4) is 0 Å². The minimum Gasteiger partial charge on any atom is -0.381 e. The van der Waals surface area contributed by atoms with Crippen LogP contribution in [0.3, 0.4) is 0 Å². The van der Waals surface area contributed by atoms with Crippen molar-refractivity contribution in [3.63, 3.8) is 0 Å². The van der Waals surface area contributed by atoms with Crippen LogP contribution in [0.1, 0.15) is 81.8 Å². The second-order valence-corrected chi connectivity index (χ2v) is 8.70. The van der Waals surface area contributed by atoms with Gasteiger partial charge in [-0.1, -0.05) is 30.8 Å². The van der Waals surface area contributed by atoms with Crippen molar-refractivity contribution >= 4 is 5.91 Å². The average molecular weight is 376 g/mol. The maximum absolute atomic E-state index is 12.5. The molecule has 2 saturated carbocycles. The molecule has 2 heterocycles. The van der Waals surface area contributed by atoms with Crippen LogP contribution >= 0.6 is 0 Å². The molecule has 1 saturated heterocycles. The number of likely N-dealkylation sites (tertiary alicyclic amines) is 1. The molecule has 1 aliphatic heterocycles. The Balaban J connectivity index is 1.18. The first-order valence-corrected chi connectivity index (χ1v) is 11.0. The van der Waals surface area contributed by atoms with E-state index >= 15 is 0 Å². The Morgan fingerprint density at radius 1 is 1.07 bits per heavy atom. The number of hydrogen-bond donors (Lipinski definition) is 0. The lowest BCUT2D eigenvalue weighted by molar-refractivity contribution is -0.131. The zero-order valence-electron chi connectivity index (χ0n) is 16.4. The molecule has 6 nitrogen and oxygen atoms in total. The summed E-state index contributed by atoms with van der Waals surface area (Å²) in [7, 11) is 0. The number of hydrogen-bond acceptors (Lipinski definition) is 5. The Labute approximate surface area is 162 Å². The summed E-state index contributed by atoms with van der Waals surface area (Å²) in [6.45, 7) is 3.07. The molecule has 0 spiro atoms. The van der Waals surface area contributed by atoms with Crippen LogP contribution in [0.2, 0.25) is 0 Å². The Morgan fingerprint density at radius 3 is 2.59 bits per heavy atom. The fourth-order valence-corrected chi connectivity index (χ4v) is 4.90. The fourth-order valence-electron chi connectivity index (χ4n) is 4.90. The molecule has 1 amide bonds. The van der Waals surface area contributed by atoms with E-state index in [1.165, 1.54) is 51.4 Å². The lowest BCUT2D eigenvalue weighted by Gasteiger charge is -2.18. The van der Waals surface area contributed by atoms with E-state index in [2.05, 4.69) is 10.1 Å². The molecule has 0 radical (unpaired) electrons. The molecule has 2 aliphatic carbocycles. The highest BCUT2D eigenvalue weighted by Crippen LogP contribution is 2.31. The number of carbonyl (C=O) groups is 1. The van der Waals surface area contributed by atoms with Crippen LogP contribution in [-0.2, 0) is 16.0 Å². The maximum atomic E-state index is 12.5. The molecule has 1 aromatic heterocycles. The first kappa shape index (κ1) is 18.9. The van der Waals surface area contributed by atoms with E-state index in [9.17, 15) is 4.79 Å². The number of carbonyl (C=O) groups excluding carboxylic acids is 1. The molecule has 6 heteroatoms. The van der Waals surface area contributed by atoms with Gasteiger partial charge in [-0.3, -0.25) is 4.79 Å². The molecule has 1 aromatic rings. The van der Waals surface area contributed by atoms with Crippen molar-refractivity contribution in [2.75, 3.05) is 26.3 Å². The summed E-state index contributed by atoms with van der Waals surface area (Å²) in [6, 6.07) is 0. The predicted octanol–water partition coefficient (Wildman–Crippen LogP) is 3.72. The molecule has 3 aliphatic rings. The van der Waals surface area contributed by atoms with E-state index in [4.69, 9.17) is 9.26 Å². The van der Waals surface area contributed by atoms with Crippen molar-refractivity contribution < 1.29 is 14.1 Å². The van der Waals surface area contributed by atoms with Crippen molar-refractivity contribution in [2.24, 2.45) is 11.8 Å². The minimum atomic E-state index is 0.193. The minimum absolute atomic E-state index is 0.193. The van der Waals surface area contributed by atoms with Crippen LogP contribution in [0.5, 0.6) is 0 Å². The van der Waals surface area contributed by atoms with E-state index in [0.29, 0.717) is 30.7 Å². The summed E-state index contributed by atoms with van der Waals surface area (Å²) in [5.41, 5.74) is 0. The van der Waals surface area contributed by atoms with Crippen LogP contribution in [0.4, 0.5) is 0 Å². The second kappa shape index (κ2) is 9.18. The average Bonchev–Trinajstić information content (AvgIpc) is 3.47. The summed E-state index contributed by atoms with van der Waals surface area (Å²) < 4.78 is 11.3. The van der Waals surface area contributed by atoms with Gasteiger partial charge >= 0.3 is 0 Å². The van der Waals surface area contributed by atoms with E-state index in [0.717, 1.165) is 44.3 Å². The highest BCUT2D eigenvalue weighted by atomic mass is 16.5.